The monoisotopic (exact) mass is 404 g/mol. The van der Waals surface area contributed by atoms with Gasteiger partial charge in [0.25, 0.3) is 0 Å². The molecule has 28 heavy (non-hydrogen) atoms. The molecule has 2 atom stereocenters. The summed E-state index contributed by atoms with van der Waals surface area (Å²) in [4.78, 5) is 0. The molecule has 1 aromatic carbocycles. The molecule has 0 aliphatic carbocycles. The van der Waals surface area contributed by atoms with E-state index < -0.39 is 7.14 Å². The zero-order valence-corrected chi connectivity index (χ0v) is 19.4. The van der Waals surface area contributed by atoms with E-state index in [0.717, 1.165) is 17.9 Å². The van der Waals surface area contributed by atoms with E-state index in [4.69, 9.17) is 0 Å². The third-order valence-electron chi connectivity index (χ3n) is 6.70. The minimum Gasteiger partial charge on any atom is -0.318 e. The van der Waals surface area contributed by atoms with Crippen LogP contribution < -0.4 is 5.30 Å². The number of rotatable bonds is 16. The van der Waals surface area contributed by atoms with Crippen molar-refractivity contribution in [2.75, 3.05) is 6.16 Å². The van der Waals surface area contributed by atoms with Crippen LogP contribution in [-0.2, 0) is 4.57 Å². The Morgan fingerprint density at radius 1 is 0.750 bits per heavy atom. The average Bonchev–Trinajstić information content (AvgIpc) is 3.10. The van der Waals surface area contributed by atoms with Crippen LogP contribution >= 0.6 is 7.14 Å². The van der Waals surface area contributed by atoms with Gasteiger partial charge in [-0.2, -0.15) is 0 Å². The van der Waals surface area contributed by atoms with E-state index >= 15 is 0 Å². The van der Waals surface area contributed by atoms with E-state index in [1.807, 2.05) is 6.07 Å². The molecule has 160 valence electrons. The summed E-state index contributed by atoms with van der Waals surface area (Å²) in [6.45, 7) is 2.29. The lowest BCUT2D eigenvalue weighted by Crippen LogP contribution is -2.13. The molecule has 0 bridgehead atoms. The summed E-state index contributed by atoms with van der Waals surface area (Å²) in [5, 5.41) is 1.14. The van der Waals surface area contributed by atoms with Crippen LogP contribution in [0.5, 0.6) is 0 Å². The van der Waals surface area contributed by atoms with Crippen LogP contribution in [-0.4, -0.2) is 11.8 Å². The number of hydrogen-bond donors (Lipinski definition) is 0. The molecule has 1 nitrogen and oxygen atoms in total. The van der Waals surface area contributed by atoms with Gasteiger partial charge in [0.15, 0.2) is 0 Å². The topological polar surface area (TPSA) is 17.1 Å². The third-order valence-corrected chi connectivity index (χ3v) is 10.6. The van der Waals surface area contributed by atoms with Gasteiger partial charge in [-0.1, -0.05) is 127 Å². The summed E-state index contributed by atoms with van der Waals surface area (Å²) in [6, 6.07) is 10.3. The van der Waals surface area contributed by atoms with E-state index in [1.54, 1.807) is 0 Å². The van der Waals surface area contributed by atoms with Gasteiger partial charge in [-0.3, -0.25) is 0 Å². The summed E-state index contributed by atoms with van der Waals surface area (Å²) in [7, 11) is -2.12. The number of hydrogen-bond acceptors (Lipinski definition) is 1. The minimum atomic E-state index is -2.12. The Hall–Kier alpha value is -0.550. The highest BCUT2D eigenvalue weighted by Crippen LogP contribution is 2.58. The Morgan fingerprint density at radius 3 is 1.79 bits per heavy atom. The van der Waals surface area contributed by atoms with Gasteiger partial charge >= 0.3 is 0 Å². The second-order valence-corrected chi connectivity index (χ2v) is 12.3. The highest BCUT2D eigenvalue weighted by atomic mass is 31.2. The van der Waals surface area contributed by atoms with E-state index in [0.29, 0.717) is 5.66 Å². The smallest absolute Gasteiger partial charge is 0.118 e. The lowest BCUT2D eigenvalue weighted by atomic mass is 10.0. The maximum absolute atomic E-state index is 13.5. The van der Waals surface area contributed by atoms with Crippen molar-refractivity contribution in [3.63, 3.8) is 0 Å². The molecule has 0 saturated carbocycles. The molecule has 0 N–H and O–H groups in total. The zero-order chi connectivity index (χ0) is 19.9. The van der Waals surface area contributed by atoms with Crippen molar-refractivity contribution in [1.82, 2.24) is 0 Å². The van der Waals surface area contributed by atoms with Crippen LogP contribution in [0.25, 0.3) is 0 Å². The molecule has 0 aromatic heterocycles. The summed E-state index contributed by atoms with van der Waals surface area (Å²) in [6.07, 6.45) is 24.2. The highest BCUT2D eigenvalue weighted by Gasteiger charge is 2.38. The molecule has 1 aliphatic heterocycles. The molecule has 1 fully saturated rings. The van der Waals surface area contributed by atoms with Crippen LogP contribution in [0.15, 0.2) is 30.3 Å². The maximum atomic E-state index is 13.5. The molecule has 1 heterocycles. The largest absolute Gasteiger partial charge is 0.318 e. The number of benzene rings is 1. The van der Waals surface area contributed by atoms with Crippen LogP contribution in [0.2, 0.25) is 0 Å². The van der Waals surface area contributed by atoms with Crippen molar-refractivity contribution in [3.8, 4) is 0 Å². The summed E-state index contributed by atoms with van der Waals surface area (Å²) < 4.78 is 13.5. The summed E-state index contributed by atoms with van der Waals surface area (Å²) >= 11 is 0. The van der Waals surface area contributed by atoms with Gasteiger partial charge in [0.1, 0.15) is 7.14 Å². The van der Waals surface area contributed by atoms with Crippen LogP contribution in [0, 0.1) is 0 Å². The Labute approximate surface area is 175 Å². The van der Waals surface area contributed by atoms with Crippen molar-refractivity contribution in [2.24, 2.45) is 0 Å². The van der Waals surface area contributed by atoms with E-state index in [1.165, 1.54) is 103 Å². The van der Waals surface area contributed by atoms with Crippen LogP contribution in [0.1, 0.15) is 116 Å². The van der Waals surface area contributed by atoms with Crippen molar-refractivity contribution in [3.05, 3.63) is 30.3 Å². The van der Waals surface area contributed by atoms with E-state index in [9.17, 15) is 4.57 Å². The molecular formula is C26H45OP. The van der Waals surface area contributed by atoms with Gasteiger partial charge in [0.2, 0.25) is 0 Å². The Morgan fingerprint density at radius 2 is 1.25 bits per heavy atom. The van der Waals surface area contributed by atoms with Crippen molar-refractivity contribution in [1.29, 1.82) is 0 Å². The van der Waals surface area contributed by atoms with Gasteiger partial charge in [0, 0.05) is 17.1 Å². The molecule has 1 aromatic rings. The van der Waals surface area contributed by atoms with Crippen molar-refractivity contribution < 1.29 is 4.57 Å². The molecule has 1 aliphatic rings. The molecule has 2 rings (SSSR count). The van der Waals surface area contributed by atoms with Gasteiger partial charge < -0.3 is 4.57 Å². The van der Waals surface area contributed by atoms with E-state index in [-0.39, 0.29) is 0 Å². The predicted octanol–water partition coefficient (Wildman–Crippen LogP) is 8.71. The van der Waals surface area contributed by atoms with Gasteiger partial charge in [0.05, 0.1) is 0 Å². The Balaban J connectivity index is 1.45. The minimum absolute atomic E-state index is 0.465. The molecule has 0 spiro atoms. The first-order chi connectivity index (χ1) is 13.8. The first-order valence-electron chi connectivity index (χ1n) is 12.4. The zero-order valence-electron chi connectivity index (χ0n) is 18.5. The molecule has 2 unspecified atom stereocenters. The fourth-order valence-corrected chi connectivity index (χ4v) is 8.47. The fraction of sp³-hybridized carbons (Fsp3) is 0.769. The highest BCUT2D eigenvalue weighted by molar-refractivity contribution is 7.72. The van der Waals surface area contributed by atoms with Gasteiger partial charge in [-0.25, -0.2) is 0 Å². The summed E-state index contributed by atoms with van der Waals surface area (Å²) in [5.74, 6) is 0. The van der Waals surface area contributed by atoms with Crippen LogP contribution in [0.4, 0.5) is 0 Å². The first kappa shape index (κ1) is 23.7. The molecule has 2 heteroatoms. The van der Waals surface area contributed by atoms with E-state index in [2.05, 4.69) is 31.2 Å². The SMILES string of the molecule is CCCCCCCCCCCCCCCCC1CCCP1(=O)c1ccccc1. The molecular weight excluding hydrogens is 359 g/mol. The second-order valence-electron chi connectivity index (χ2n) is 9.04. The quantitative estimate of drug-likeness (QED) is 0.199. The fourth-order valence-electron chi connectivity index (χ4n) is 4.90. The second kappa shape index (κ2) is 14.4. The summed E-state index contributed by atoms with van der Waals surface area (Å²) in [5.41, 5.74) is 0.465. The first-order valence-corrected chi connectivity index (χ1v) is 14.4. The molecule has 0 radical (unpaired) electrons. The molecule has 1 saturated heterocycles. The maximum Gasteiger partial charge on any atom is 0.118 e. The van der Waals surface area contributed by atoms with Gasteiger partial charge in [-0.05, 0) is 19.3 Å². The average molecular weight is 405 g/mol. The molecule has 0 amide bonds. The van der Waals surface area contributed by atoms with Crippen molar-refractivity contribution in [2.45, 2.75) is 122 Å². The third kappa shape index (κ3) is 8.44. The Kier molecular flexibility index (Phi) is 12.2. The van der Waals surface area contributed by atoms with Crippen molar-refractivity contribution >= 4 is 12.4 Å². The standard InChI is InChI=1S/C26H45OP/c1-2-3-4-5-6-7-8-9-10-11-12-13-14-16-20-26-23-19-24-28(26,27)25-21-17-15-18-22-25/h15,17-18,21-22,26H,2-14,16,19-20,23-24H2,1H3. The van der Waals surface area contributed by atoms with Gasteiger partial charge in [-0.15, -0.1) is 0 Å². The normalized spacial score (nSPS) is 22.0. The predicted molar refractivity (Wildman–Crippen MR) is 127 cm³/mol. The van der Waals surface area contributed by atoms with Crippen LogP contribution in [0.3, 0.4) is 0 Å². The number of unbranched alkanes of at least 4 members (excludes halogenated alkanes) is 13. The Bertz CT molecular complexity index is 539. The lowest BCUT2D eigenvalue weighted by Gasteiger charge is -2.21. The lowest BCUT2D eigenvalue weighted by molar-refractivity contribution is 0.526.